The first kappa shape index (κ1) is 11.2. The van der Waals surface area contributed by atoms with Gasteiger partial charge in [-0.2, -0.15) is 0 Å². The van der Waals surface area contributed by atoms with Gasteiger partial charge in [0.05, 0.1) is 6.42 Å². The predicted molar refractivity (Wildman–Crippen MR) is 58.1 cm³/mol. The molecule has 2 atom stereocenters. The molecule has 2 unspecified atom stereocenters. The lowest BCUT2D eigenvalue weighted by atomic mass is 10.4. The summed E-state index contributed by atoms with van der Waals surface area (Å²) in [5.74, 6) is -0.275. The second-order valence-electron chi connectivity index (χ2n) is 4.84. The molecule has 0 spiro atoms. The monoisotopic (exact) mass is 226 g/mol. The lowest BCUT2D eigenvalue weighted by molar-refractivity contribution is -0.137. The van der Waals surface area contributed by atoms with E-state index in [0.29, 0.717) is 18.5 Å². The minimum absolute atomic E-state index is 0.0319. The Bertz CT molecular complexity index is 302. The third-order valence-corrected chi connectivity index (χ3v) is 3.23. The molecule has 2 rings (SSSR count). The lowest BCUT2D eigenvalue weighted by Gasteiger charge is -2.22. The molecule has 0 heterocycles. The van der Waals surface area contributed by atoms with Crippen molar-refractivity contribution in [1.82, 2.24) is 10.2 Å². The van der Waals surface area contributed by atoms with Crippen LogP contribution in [-0.4, -0.2) is 40.6 Å². The van der Waals surface area contributed by atoms with Crippen molar-refractivity contribution in [3.8, 4) is 0 Å². The smallest absolute Gasteiger partial charge is 0.317 e. The molecule has 2 N–H and O–H groups in total. The van der Waals surface area contributed by atoms with Gasteiger partial charge in [0.15, 0.2) is 0 Å². The van der Waals surface area contributed by atoms with Gasteiger partial charge in [0, 0.05) is 18.6 Å². The number of hydrogen-bond acceptors (Lipinski definition) is 2. The predicted octanol–water partition coefficient (Wildman–Crippen LogP) is 1.04. The molecule has 16 heavy (non-hydrogen) atoms. The summed E-state index contributed by atoms with van der Waals surface area (Å²) in [6.45, 7) is 2.43. The first-order chi connectivity index (χ1) is 7.58. The van der Waals surface area contributed by atoms with Crippen molar-refractivity contribution in [3.05, 3.63) is 0 Å². The van der Waals surface area contributed by atoms with E-state index in [9.17, 15) is 9.59 Å². The highest BCUT2D eigenvalue weighted by Gasteiger charge is 2.38. The van der Waals surface area contributed by atoms with E-state index in [2.05, 4.69) is 12.2 Å². The van der Waals surface area contributed by atoms with Gasteiger partial charge in [0.25, 0.3) is 0 Å². The molecule has 2 fully saturated rings. The lowest BCUT2D eigenvalue weighted by Crippen LogP contribution is -2.43. The first-order valence-electron chi connectivity index (χ1n) is 5.87. The highest BCUT2D eigenvalue weighted by molar-refractivity contribution is 5.76. The van der Waals surface area contributed by atoms with E-state index in [1.54, 1.807) is 4.90 Å². The zero-order valence-electron chi connectivity index (χ0n) is 9.48. The number of aliphatic carboxylic acids is 1. The molecule has 0 aromatic carbocycles. The van der Waals surface area contributed by atoms with Crippen molar-refractivity contribution < 1.29 is 14.7 Å². The summed E-state index contributed by atoms with van der Waals surface area (Å²) in [6, 6.07) is 0.491. The van der Waals surface area contributed by atoms with Crippen molar-refractivity contribution in [2.75, 3.05) is 6.54 Å². The van der Waals surface area contributed by atoms with E-state index < -0.39 is 5.97 Å². The van der Waals surface area contributed by atoms with Crippen molar-refractivity contribution >= 4 is 12.0 Å². The van der Waals surface area contributed by atoms with Crippen LogP contribution in [0.15, 0.2) is 0 Å². The molecule has 2 amide bonds. The molecule has 0 aromatic heterocycles. The summed E-state index contributed by atoms with van der Waals surface area (Å²) >= 11 is 0. The number of nitrogens with one attached hydrogen (secondary N) is 1. The van der Waals surface area contributed by atoms with E-state index in [-0.39, 0.29) is 18.5 Å². The first-order valence-corrected chi connectivity index (χ1v) is 5.87. The molecule has 0 aromatic rings. The van der Waals surface area contributed by atoms with E-state index in [1.165, 1.54) is 0 Å². The second kappa shape index (κ2) is 4.31. The Morgan fingerprint density at radius 2 is 2.06 bits per heavy atom. The quantitative estimate of drug-likeness (QED) is 0.736. The number of carbonyl (C=O) groups excluding carboxylic acids is 1. The molecule has 5 heteroatoms. The fourth-order valence-electron chi connectivity index (χ4n) is 1.82. The van der Waals surface area contributed by atoms with E-state index in [0.717, 1.165) is 19.3 Å². The number of urea groups is 1. The van der Waals surface area contributed by atoms with Crippen molar-refractivity contribution in [2.45, 2.75) is 44.7 Å². The Kier molecular flexibility index (Phi) is 3.03. The largest absolute Gasteiger partial charge is 0.481 e. The van der Waals surface area contributed by atoms with Crippen molar-refractivity contribution in [2.24, 2.45) is 5.92 Å². The second-order valence-corrected chi connectivity index (χ2v) is 4.84. The van der Waals surface area contributed by atoms with Gasteiger partial charge in [-0.25, -0.2) is 4.79 Å². The van der Waals surface area contributed by atoms with Gasteiger partial charge in [-0.3, -0.25) is 4.79 Å². The molecule has 90 valence electrons. The maximum absolute atomic E-state index is 11.9. The molecule has 2 saturated carbocycles. The van der Waals surface area contributed by atoms with Crippen molar-refractivity contribution in [1.29, 1.82) is 0 Å². The van der Waals surface area contributed by atoms with Crippen molar-refractivity contribution in [3.63, 3.8) is 0 Å². The highest BCUT2D eigenvalue weighted by Crippen LogP contribution is 2.31. The molecule has 2 aliphatic carbocycles. The number of hydrogen-bond donors (Lipinski definition) is 2. The standard InChI is InChI=1S/C11H18N2O3/c1-7-6-9(7)12-11(16)13(8-2-3-8)5-4-10(14)15/h7-9H,2-6H2,1H3,(H,12,16)(H,14,15). The van der Waals surface area contributed by atoms with Gasteiger partial charge in [-0.05, 0) is 25.2 Å². The minimum Gasteiger partial charge on any atom is -0.481 e. The Labute approximate surface area is 94.8 Å². The number of nitrogens with zero attached hydrogens (tertiary/aromatic N) is 1. The van der Waals surface area contributed by atoms with Crippen LogP contribution >= 0.6 is 0 Å². The molecular formula is C11H18N2O3. The number of amides is 2. The van der Waals surface area contributed by atoms with Crippen LogP contribution in [0.5, 0.6) is 0 Å². The van der Waals surface area contributed by atoms with Crippen LogP contribution in [0.4, 0.5) is 4.79 Å². The van der Waals surface area contributed by atoms with Crippen LogP contribution in [0.2, 0.25) is 0 Å². The Hall–Kier alpha value is -1.26. The molecular weight excluding hydrogens is 208 g/mol. The van der Waals surface area contributed by atoms with Gasteiger partial charge in [-0.1, -0.05) is 6.92 Å². The summed E-state index contributed by atoms with van der Waals surface area (Å²) < 4.78 is 0. The molecule has 0 radical (unpaired) electrons. The van der Waals surface area contributed by atoms with Crippen LogP contribution < -0.4 is 5.32 Å². The van der Waals surface area contributed by atoms with Gasteiger partial charge < -0.3 is 15.3 Å². The summed E-state index contributed by atoms with van der Waals surface area (Å²) in [5.41, 5.74) is 0. The molecule has 0 saturated heterocycles. The molecule has 5 nitrogen and oxygen atoms in total. The van der Waals surface area contributed by atoms with Gasteiger partial charge in [-0.15, -0.1) is 0 Å². The molecule has 2 aliphatic rings. The number of carboxylic acid groups (broad SMARTS) is 1. The topological polar surface area (TPSA) is 69.6 Å². The zero-order valence-corrected chi connectivity index (χ0v) is 9.48. The van der Waals surface area contributed by atoms with Gasteiger partial charge >= 0.3 is 12.0 Å². The number of rotatable bonds is 5. The third kappa shape index (κ3) is 2.87. The summed E-state index contributed by atoms with van der Waals surface area (Å²) in [6.07, 6.45) is 3.09. The Morgan fingerprint density at radius 3 is 2.50 bits per heavy atom. The SMILES string of the molecule is CC1CC1NC(=O)N(CCC(=O)O)C1CC1. The Balaban J connectivity index is 1.80. The van der Waals surface area contributed by atoms with Crippen LogP contribution in [0.25, 0.3) is 0 Å². The summed E-state index contributed by atoms with van der Waals surface area (Å²) in [5, 5.41) is 11.6. The van der Waals surface area contributed by atoms with E-state index >= 15 is 0 Å². The minimum atomic E-state index is -0.849. The summed E-state index contributed by atoms with van der Waals surface area (Å²) in [7, 11) is 0. The highest BCUT2D eigenvalue weighted by atomic mass is 16.4. The number of carbonyl (C=O) groups is 2. The summed E-state index contributed by atoms with van der Waals surface area (Å²) in [4.78, 5) is 24.0. The average molecular weight is 226 g/mol. The van der Waals surface area contributed by atoms with Crippen LogP contribution in [0.1, 0.15) is 32.6 Å². The van der Waals surface area contributed by atoms with Crippen LogP contribution in [-0.2, 0) is 4.79 Å². The van der Waals surface area contributed by atoms with E-state index in [1.807, 2.05) is 0 Å². The van der Waals surface area contributed by atoms with E-state index in [4.69, 9.17) is 5.11 Å². The fraction of sp³-hybridized carbons (Fsp3) is 0.818. The van der Waals surface area contributed by atoms with Crippen LogP contribution in [0, 0.1) is 5.92 Å². The molecule has 0 aliphatic heterocycles. The maximum Gasteiger partial charge on any atom is 0.317 e. The maximum atomic E-state index is 11.9. The fourth-order valence-corrected chi connectivity index (χ4v) is 1.82. The van der Waals surface area contributed by atoms with Gasteiger partial charge in [0.2, 0.25) is 0 Å². The number of carboxylic acids is 1. The molecule has 0 bridgehead atoms. The zero-order chi connectivity index (χ0) is 11.7. The van der Waals surface area contributed by atoms with Gasteiger partial charge in [0.1, 0.15) is 0 Å². The van der Waals surface area contributed by atoms with Crippen LogP contribution in [0.3, 0.4) is 0 Å². The third-order valence-electron chi connectivity index (χ3n) is 3.23. The Morgan fingerprint density at radius 1 is 1.44 bits per heavy atom. The average Bonchev–Trinajstić information content (AvgIpc) is 3.06. The normalized spacial score (nSPS) is 27.3.